The van der Waals surface area contributed by atoms with E-state index in [4.69, 9.17) is 11.6 Å². The lowest BCUT2D eigenvalue weighted by Crippen LogP contribution is -2.61. The second-order valence-corrected chi connectivity index (χ2v) is 29.0. The first-order chi connectivity index (χ1) is 52.5. The maximum absolute atomic E-state index is 7.82. The second-order valence-electron chi connectivity index (χ2n) is 28.7. The van der Waals surface area contributed by atoms with Gasteiger partial charge in [-0.15, -0.1) is 0 Å². The van der Waals surface area contributed by atoms with Gasteiger partial charge in [0.15, 0.2) is 0 Å². The highest BCUT2D eigenvalue weighted by Crippen LogP contribution is 2.54. The fourth-order valence-electron chi connectivity index (χ4n) is 18.9. The van der Waals surface area contributed by atoms with Crippen molar-refractivity contribution < 1.29 is 0 Å². The molecular weight excluding hydrogens is 1330 g/mol. The number of fused-ring (bicyclic) bond motifs is 6. The Hall–Kier alpha value is -13.4. The second kappa shape index (κ2) is 24.3. The fraction of sp³-hybridized carbons (Fsp3) is 0.0196. The summed E-state index contributed by atoms with van der Waals surface area (Å²) in [6.07, 6.45) is 0. The molecule has 0 amide bonds. The Labute approximate surface area is 631 Å². The summed E-state index contributed by atoms with van der Waals surface area (Å²) in [5.74, 6) is 0. The summed E-state index contributed by atoms with van der Waals surface area (Å²) in [6, 6.07) is 134. The molecule has 2 heterocycles. The molecule has 0 saturated heterocycles. The van der Waals surface area contributed by atoms with Gasteiger partial charge in [-0.3, -0.25) is 0 Å². The molecular formula is C102H68BClN4. The van der Waals surface area contributed by atoms with Crippen LogP contribution in [0.2, 0.25) is 5.02 Å². The van der Waals surface area contributed by atoms with E-state index in [-0.39, 0.29) is 21.6 Å². The van der Waals surface area contributed by atoms with E-state index in [9.17, 15) is 0 Å². The Morgan fingerprint density at radius 3 is 0.870 bits per heavy atom. The largest absolute Gasteiger partial charge is 0.311 e. The SMILES string of the molecule is C.C.Clc1c(N(c2ccccc2)c2ccc3ccc4cccc5ccc2c3c45)cccc1N(c1ccccc1)c1ccc2ccc3cccc4ccc1c2c34.c1ccc(N2c3cccc4c3B(c3cc5ccc6cccc7ccc(c32)c5c67)c2cc3ccc5cccc6ccc(c2N4c2ccccc2)c3c56)cc1. The van der Waals surface area contributed by atoms with Crippen LogP contribution in [0.15, 0.2) is 364 Å². The molecule has 2 aliphatic rings. The predicted molar refractivity (Wildman–Crippen MR) is 470 cm³/mol. The molecule has 4 nitrogen and oxygen atoms in total. The van der Waals surface area contributed by atoms with Crippen molar-refractivity contribution >= 4 is 232 Å². The number of rotatable bonds is 8. The zero-order valence-electron chi connectivity index (χ0n) is 57.4. The standard InChI is InChI=1S/C50H29BN2.C50H31ClN2.2CH4/c1-3-14-36(15-4-1)52-42-18-9-19-43-48(42)51(40-28-34-22-20-30-10-7-12-32-24-26-38(49(40)52)46(34)44(30)32)41-29-35-23-21-31-11-8-13-33-25-27-39(47(35)45(31)33)50(41)53(43)37-16-5-2-6-17-37;51-50-44(52(38-14-3-1-4-15-38)42-30-26-36-22-20-32-10-7-12-34-24-28-40(42)48(36)46(32)34)18-9-19-45(50)53(39-16-5-2-6-17-39)43-31-27-37-23-21-33-11-8-13-35-25-29-41(43)49(37)47(33)35;;/h1-29H;1-31H;2*1H4. The molecule has 0 bridgehead atoms. The first-order valence-corrected chi connectivity index (χ1v) is 37.0. The van der Waals surface area contributed by atoms with Crippen molar-refractivity contribution in [2.24, 2.45) is 0 Å². The zero-order chi connectivity index (χ0) is 69.4. The van der Waals surface area contributed by atoms with Crippen LogP contribution in [0.5, 0.6) is 0 Å². The molecule has 0 fully saturated rings. The van der Waals surface area contributed by atoms with Gasteiger partial charge in [0.2, 0.25) is 0 Å². The smallest absolute Gasteiger partial charge is 0.252 e. The first-order valence-electron chi connectivity index (χ1n) is 36.6. The van der Waals surface area contributed by atoms with E-state index in [0.29, 0.717) is 5.02 Å². The third-order valence-corrected chi connectivity index (χ3v) is 23.6. The molecule has 22 aromatic carbocycles. The molecule has 108 heavy (non-hydrogen) atoms. The number of para-hydroxylation sites is 4. The molecule has 0 aromatic heterocycles. The number of benzene rings is 22. The van der Waals surface area contributed by atoms with Gasteiger partial charge in [-0.1, -0.05) is 306 Å². The van der Waals surface area contributed by atoms with Crippen LogP contribution in [0.4, 0.5) is 68.2 Å². The molecule has 506 valence electrons. The summed E-state index contributed by atoms with van der Waals surface area (Å²) in [5, 5.41) is 31.3. The highest BCUT2D eigenvalue weighted by Gasteiger charge is 2.45. The molecule has 2 aliphatic heterocycles. The summed E-state index contributed by atoms with van der Waals surface area (Å²) in [4.78, 5) is 9.75. The molecule has 0 N–H and O–H groups in total. The summed E-state index contributed by atoms with van der Waals surface area (Å²) >= 11 is 7.82. The fourth-order valence-corrected chi connectivity index (χ4v) is 19.2. The minimum atomic E-state index is 0. The average molecular weight is 1400 g/mol. The minimum Gasteiger partial charge on any atom is -0.311 e. The molecule has 0 unspecified atom stereocenters. The Kier molecular flexibility index (Phi) is 14.2. The molecule has 6 heteroatoms. The quantitative estimate of drug-likeness (QED) is 0.111. The van der Waals surface area contributed by atoms with E-state index in [1.165, 1.54) is 180 Å². The number of hydrogen-bond donors (Lipinski definition) is 0. The van der Waals surface area contributed by atoms with E-state index in [0.717, 1.165) is 34.1 Å². The number of halogens is 1. The van der Waals surface area contributed by atoms with E-state index in [1.807, 2.05) is 0 Å². The van der Waals surface area contributed by atoms with Crippen LogP contribution in [0.3, 0.4) is 0 Å². The van der Waals surface area contributed by atoms with Crippen LogP contribution in [0.25, 0.3) is 129 Å². The lowest BCUT2D eigenvalue weighted by Gasteiger charge is -2.45. The van der Waals surface area contributed by atoms with Crippen molar-refractivity contribution in [3.8, 4) is 0 Å². The van der Waals surface area contributed by atoms with Crippen LogP contribution < -0.4 is 36.0 Å². The van der Waals surface area contributed by atoms with Crippen molar-refractivity contribution in [1.82, 2.24) is 0 Å². The first kappa shape index (κ1) is 63.1. The zero-order valence-corrected chi connectivity index (χ0v) is 58.1. The van der Waals surface area contributed by atoms with Gasteiger partial charge in [-0.25, -0.2) is 0 Å². The van der Waals surface area contributed by atoms with Crippen LogP contribution in [-0.4, -0.2) is 6.71 Å². The van der Waals surface area contributed by atoms with Crippen LogP contribution >= 0.6 is 11.6 Å². The van der Waals surface area contributed by atoms with E-state index in [1.54, 1.807) is 0 Å². The molecule has 0 atom stereocenters. The van der Waals surface area contributed by atoms with Crippen LogP contribution in [-0.2, 0) is 0 Å². The summed E-state index contributed by atoms with van der Waals surface area (Å²) in [6.45, 7) is 0.0231. The Morgan fingerprint density at radius 2 is 0.509 bits per heavy atom. The van der Waals surface area contributed by atoms with Gasteiger partial charge in [0.05, 0.1) is 27.8 Å². The van der Waals surface area contributed by atoms with Crippen molar-refractivity contribution in [3.63, 3.8) is 0 Å². The van der Waals surface area contributed by atoms with Gasteiger partial charge >= 0.3 is 0 Å². The average Bonchev–Trinajstić information content (AvgIpc) is 0.676. The maximum atomic E-state index is 7.82. The van der Waals surface area contributed by atoms with Gasteiger partial charge in [0.1, 0.15) is 0 Å². The van der Waals surface area contributed by atoms with E-state index in [2.05, 4.69) is 384 Å². The number of nitrogens with zero attached hydrogens (tertiary/aromatic N) is 4. The Morgan fingerprint density at radius 1 is 0.231 bits per heavy atom. The van der Waals surface area contributed by atoms with Gasteiger partial charge in [0.25, 0.3) is 6.71 Å². The molecule has 0 aliphatic carbocycles. The topological polar surface area (TPSA) is 13.0 Å². The third kappa shape index (κ3) is 9.06. The van der Waals surface area contributed by atoms with Crippen LogP contribution in [0, 0.1) is 0 Å². The Bertz CT molecular complexity index is 6820. The lowest BCUT2D eigenvalue weighted by atomic mass is 9.33. The highest BCUT2D eigenvalue weighted by molar-refractivity contribution is 7.01. The van der Waals surface area contributed by atoms with Crippen molar-refractivity contribution in [3.05, 3.63) is 369 Å². The number of hydrogen-bond acceptors (Lipinski definition) is 4. The predicted octanol–water partition coefficient (Wildman–Crippen LogP) is 27.9. The van der Waals surface area contributed by atoms with Crippen molar-refractivity contribution in [1.29, 1.82) is 0 Å². The lowest BCUT2D eigenvalue weighted by molar-refractivity contribution is 1.26. The molecule has 24 rings (SSSR count). The van der Waals surface area contributed by atoms with Gasteiger partial charge in [-0.2, -0.15) is 0 Å². The highest BCUT2D eigenvalue weighted by atomic mass is 35.5. The van der Waals surface area contributed by atoms with E-state index < -0.39 is 0 Å². The van der Waals surface area contributed by atoms with E-state index >= 15 is 0 Å². The maximum Gasteiger partial charge on any atom is 0.252 e. The molecule has 0 radical (unpaired) electrons. The monoisotopic (exact) mass is 1390 g/mol. The summed E-state index contributed by atoms with van der Waals surface area (Å²) < 4.78 is 0. The molecule has 22 aromatic rings. The van der Waals surface area contributed by atoms with Gasteiger partial charge < -0.3 is 19.6 Å². The van der Waals surface area contributed by atoms with Gasteiger partial charge in [-0.05, 0) is 209 Å². The molecule has 0 spiro atoms. The third-order valence-electron chi connectivity index (χ3n) is 23.2. The number of anilines is 12. The normalized spacial score (nSPS) is 12.5. The summed E-state index contributed by atoms with van der Waals surface area (Å²) in [5.41, 5.74) is 17.5. The Balaban J connectivity index is 0.000000135. The van der Waals surface area contributed by atoms with Crippen LogP contribution in [0.1, 0.15) is 14.9 Å². The molecule has 0 saturated carbocycles. The van der Waals surface area contributed by atoms with Gasteiger partial charge in [0, 0.05) is 67.0 Å². The summed E-state index contributed by atoms with van der Waals surface area (Å²) in [7, 11) is 0. The van der Waals surface area contributed by atoms with Crippen molar-refractivity contribution in [2.45, 2.75) is 14.9 Å². The van der Waals surface area contributed by atoms with Crippen molar-refractivity contribution in [2.75, 3.05) is 19.6 Å². The minimum absolute atomic E-state index is 0.